The maximum atomic E-state index is 9.78. The molecule has 2 nitrogen and oxygen atoms in total. The zero-order valence-electron chi connectivity index (χ0n) is 9.52. The van der Waals surface area contributed by atoms with E-state index in [9.17, 15) is 5.11 Å². The van der Waals surface area contributed by atoms with Gasteiger partial charge in [-0.25, -0.2) is 0 Å². The Hall–Kier alpha value is -0.860. The number of hydrogen-bond donors (Lipinski definition) is 2. The molecule has 3 rings (SSSR count). The Kier molecular flexibility index (Phi) is 2.49. The monoisotopic (exact) mass is 217 g/mol. The number of piperidine rings is 1. The first kappa shape index (κ1) is 10.3. The van der Waals surface area contributed by atoms with E-state index in [2.05, 4.69) is 35.6 Å². The highest BCUT2D eigenvalue weighted by Crippen LogP contribution is 2.52. The molecule has 0 amide bonds. The van der Waals surface area contributed by atoms with Crippen molar-refractivity contribution in [1.29, 1.82) is 0 Å². The van der Waals surface area contributed by atoms with Crippen LogP contribution >= 0.6 is 0 Å². The average Bonchev–Trinajstić information content (AvgIpc) is 3.11. The van der Waals surface area contributed by atoms with Crippen LogP contribution in [-0.4, -0.2) is 23.8 Å². The average molecular weight is 217 g/mol. The Morgan fingerprint density at radius 3 is 2.56 bits per heavy atom. The Balaban J connectivity index is 1.83. The molecular weight excluding hydrogens is 198 g/mol. The molecular formula is C14H19NO. The van der Waals surface area contributed by atoms with Gasteiger partial charge in [0.2, 0.25) is 0 Å². The quantitative estimate of drug-likeness (QED) is 0.792. The standard InChI is InChI=1S/C14H19NO/c16-12-6-9-15-13(10-12)14(7-8-14)11-4-2-1-3-5-11/h1-5,12-13,15-16H,6-10H2. The minimum atomic E-state index is -0.104. The van der Waals surface area contributed by atoms with Crippen LogP contribution in [0, 0.1) is 0 Å². The molecule has 2 heteroatoms. The molecule has 2 unspecified atom stereocenters. The molecule has 2 fully saturated rings. The lowest BCUT2D eigenvalue weighted by Gasteiger charge is -2.34. The summed E-state index contributed by atoms with van der Waals surface area (Å²) in [5, 5.41) is 13.4. The van der Waals surface area contributed by atoms with Crippen molar-refractivity contribution in [2.24, 2.45) is 0 Å². The van der Waals surface area contributed by atoms with Gasteiger partial charge in [-0.15, -0.1) is 0 Å². The molecule has 0 aromatic heterocycles. The lowest BCUT2D eigenvalue weighted by atomic mass is 9.83. The van der Waals surface area contributed by atoms with Gasteiger partial charge in [0.05, 0.1) is 6.10 Å². The Bertz CT molecular complexity index is 358. The van der Waals surface area contributed by atoms with Crippen molar-refractivity contribution in [3.8, 4) is 0 Å². The maximum absolute atomic E-state index is 9.78. The number of aliphatic hydroxyl groups is 1. The van der Waals surface area contributed by atoms with Gasteiger partial charge in [0.25, 0.3) is 0 Å². The second kappa shape index (κ2) is 3.86. The molecule has 1 saturated heterocycles. The Morgan fingerprint density at radius 1 is 1.19 bits per heavy atom. The van der Waals surface area contributed by atoms with Crippen LogP contribution in [0.2, 0.25) is 0 Å². The first-order chi connectivity index (χ1) is 7.81. The fraction of sp³-hybridized carbons (Fsp3) is 0.571. The van der Waals surface area contributed by atoms with Gasteiger partial charge in [0.15, 0.2) is 0 Å². The lowest BCUT2D eigenvalue weighted by molar-refractivity contribution is 0.106. The van der Waals surface area contributed by atoms with Crippen LogP contribution < -0.4 is 5.32 Å². The van der Waals surface area contributed by atoms with Gasteiger partial charge in [-0.3, -0.25) is 0 Å². The van der Waals surface area contributed by atoms with Gasteiger partial charge in [-0.2, -0.15) is 0 Å². The van der Waals surface area contributed by atoms with Crippen LogP contribution in [0.3, 0.4) is 0 Å². The number of hydrogen-bond acceptors (Lipinski definition) is 2. The van der Waals surface area contributed by atoms with Gasteiger partial charge in [0.1, 0.15) is 0 Å². The maximum Gasteiger partial charge on any atom is 0.0567 e. The normalized spacial score (nSPS) is 32.3. The summed E-state index contributed by atoms with van der Waals surface area (Å²) in [6.07, 6.45) is 4.24. The zero-order valence-corrected chi connectivity index (χ0v) is 9.52. The second-order valence-corrected chi connectivity index (χ2v) is 5.21. The summed E-state index contributed by atoms with van der Waals surface area (Å²) in [5.41, 5.74) is 1.77. The predicted octanol–water partition coefficient (Wildman–Crippen LogP) is 1.83. The molecule has 1 heterocycles. The third kappa shape index (κ3) is 1.66. The number of benzene rings is 1. The zero-order chi connectivity index (χ0) is 11.0. The molecule has 2 atom stereocenters. The summed E-state index contributed by atoms with van der Waals surface area (Å²) in [4.78, 5) is 0. The van der Waals surface area contributed by atoms with Crippen molar-refractivity contribution in [3.05, 3.63) is 35.9 Å². The number of nitrogens with one attached hydrogen (secondary N) is 1. The van der Waals surface area contributed by atoms with E-state index in [0.29, 0.717) is 11.5 Å². The molecule has 1 saturated carbocycles. The van der Waals surface area contributed by atoms with Gasteiger partial charge >= 0.3 is 0 Å². The molecule has 16 heavy (non-hydrogen) atoms. The van der Waals surface area contributed by atoms with E-state index in [1.54, 1.807) is 0 Å². The molecule has 2 N–H and O–H groups in total. The molecule has 1 aromatic carbocycles. The van der Waals surface area contributed by atoms with E-state index in [1.807, 2.05) is 0 Å². The van der Waals surface area contributed by atoms with Crippen molar-refractivity contribution in [2.75, 3.05) is 6.54 Å². The summed E-state index contributed by atoms with van der Waals surface area (Å²) in [5.74, 6) is 0. The molecule has 1 aliphatic carbocycles. The molecule has 86 valence electrons. The Labute approximate surface area is 96.7 Å². The van der Waals surface area contributed by atoms with Crippen molar-refractivity contribution >= 4 is 0 Å². The smallest absolute Gasteiger partial charge is 0.0567 e. The van der Waals surface area contributed by atoms with Gasteiger partial charge in [-0.05, 0) is 37.8 Å². The molecule has 0 bridgehead atoms. The third-order valence-corrected chi connectivity index (χ3v) is 4.18. The van der Waals surface area contributed by atoms with Crippen LogP contribution in [-0.2, 0) is 5.41 Å². The molecule has 2 aliphatic rings. The first-order valence-electron chi connectivity index (χ1n) is 6.28. The second-order valence-electron chi connectivity index (χ2n) is 5.21. The van der Waals surface area contributed by atoms with Gasteiger partial charge < -0.3 is 10.4 Å². The Morgan fingerprint density at radius 2 is 1.94 bits per heavy atom. The number of aliphatic hydroxyl groups excluding tert-OH is 1. The summed E-state index contributed by atoms with van der Waals surface area (Å²) < 4.78 is 0. The van der Waals surface area contributed by atoms with Crippen LogP contribution in [0.25, 0.3) is 0 Å². The molecule has 0 radical (unpaired) electrons. The summed E-state index contributed by atoms with van der Waals surface area (Å²) in [7, 11) is 0. The minimum absolute atomic E-state index is 0.104. The highest BCUT2D eigenvalue weighted by atomic mass is 16.3. The van der Waals surface area contributed by atoms with E-state index in [1.165, 1.54) is 18.4 Å². The molecule has 1 aromatic rings. The van der Waals surface area contributed by atoms with Crippen LogP contribution in [0.15, 0.2) is 30.3 Å². The summed E-state index contributed by atoms with van der Waals surface area (Å²) >= 11 is 0. The van der Waals surface area contributed by atoms with E-state index in [4.69, 9.17) is 0 Å². The van der Waals surface area contributed by atoms with Gasteiger partial charge in [-0.1, -0.05) is 30.3 Å². The number of rotatable bonds is 2. The van der Waals surface area contributed by atoms with E-state index >= 15 is 0 Å². The van der Waals surface area contributed by atoms with Crippen LogP contribution in [0.5, 0.6) is 0 Å². The van der Waals surface area contributed by atoms with Crippen molar-refractivity contribution in [2.45, 2.75) is 43.2 Å². The topological polar surface area (TPSA) is 32.3 Å². The highest BCUT2D eigenvalue weighted by molar-refractivity contribution is 5.34. The lowest BCUT2D eigenvalue weighted by Crippen LogP contribution is -2.47. The van der Waals surface area contributed by atoms with Crippen LogP contribution in [0.1, 0.15) is 31.2 Å². The highest BCUT2D eigenvalue weighted by Gasteiger charge is 2.51. The van der Waals surface area contributed by atoms with Crippen molar-refractivity contribution in [1.82, 2.24) is 5.32 Å². The van der Waals surface area contributed by atoms with E-state index in [-0.39, 0.29) is 6.10 Å². The van der Waals surface area contributed by atoms with Crippen molar-refractivity contribution in [3.63, 3.8) is 0 Å². The van der Waals surface area contributed by atoms with Gasteiger partial charge in [0, 0.05) is 11.5 Å². The fourth-order valence-electron chi connectivity index (χ4n) is 3.06. The SMILES string of the molecule is OC1CCNC(C2(c3ccccc3)CC2)C1. The summed E-state index contributed by atoms with van der Waals surface area (Å²) in [6.45, 7) is 0.959. The van der Waals surface area contributed by atoms with E-state index in [0.717, 1.165) is 19.4 Å². The third-order valence-electron chi connectivity index (χ3n) is 4.18. The molecule has 1 aliphatic heterocycles. The fourth-order valence-corrected chi connectivity index (χ4v) is 3.06. The minimum Gasteiger partial charge on any atom is -0.393 e. The van der Waals surface area contributed by atoms with Crippen LogP contribution in [0.4, 0.5) is 0 Å². The first-order valence-corrected chi connectivity index (χ1v) is 6.28. The largest absolute Gasteiger partial charge is 0.393 e. The van der Waals surface area contributed by atoms with E-state index < -0.39 is 0 Å². The van der Waals surface area contributed by atoms with Crippen molar-refractivity contribution < 1.29 is 5.11 Å². The summed E-state index contributed by atoms with van der Waals surface area (Å²) in [6, 6.07) is 11.2. The molecule has 0 spiro atoms. The predicted molar refractivity (Wildman–Crippen MR) is 64.4 cm³/mol.